The average Bonchev–Trinajstić information content (AvgIpc) is 2.16. The summed E-state index contributed by atoms with van der Waals surface area (Å²) in [6, 6.07) is 0. The first-order valence-electron chi connectivity index (χ1n) is 5.29. The van der Waals surface area contributed by atoms with Crippen molar-refractivity contribution >= 4 is 11.9 Å². The van der Waals surface area contributed by atoms with Crippen LogP contribution in [0.3, 0.4) is 0 Å². The molecule has 0 aliphatic carbocycles. The van der Waals surface area contributed by atoms with Gasteiger partial charge in [0, 0.05) is 6.42 Å². The van der Waals surface area contributed by atoms with Crippen molar-refractivity contribution in [2.45, 2.75) is 46.5 Å². The van der Waals surface area contributed by atoms with Gasteiger partial charge in [-0.15, -0.1) is 0 Å². The Kier molecular flexibility index (Phi) is 5.97. The van der Waals surface area contributed by atoms with Gasteiger partial charge >= 0.3 is 11.9 Å². The fourth-order valence-corrected chi connectivity index (χ4v) is 1.06. The van der Waals surface area contributed by atoms with Crippen LogP contribution in [0.5, 0.6) is 0 Å². The predicted octanol–water partition coefficient (Wildman–Crippen LogP) is 2.22. The average molecular weight is 216 g/mol. The Labute approximate surface area is 90.6 Å². The first kappa shape index (κ1) is 13.9. The summed E-state index contributed by atoms with van der Waals surface area (Å²) in [5.74, 6) is -0.986. The van der Waals surface area contributed by atoms with Crippen LogP contribution in [-0.4, -0.2) is 23.7 Å². The molecule has 15 heavy (non-hydrogen) atoms. The third-order valence-corrected chi connectivity index (χ3v) is 2.33. The van der Waals surface area contributed by atoms with Gasteiger partial charge < -0.3 is 9.84 Å². The number of aliphatic carboxylic acids is 1. The van der Waals surface area contributed by atoms with Crippen molar-refractivity contribution in [2.75, 3.05) is 6.61 Å². The quantitative estimate of drug-likeness (QED) is 0.523. The van der Waals surface area contributed by atoms with Crippen LogP contribution >= 0.6 is 0 Å². The smallest absolute Gasteiger partial charge is 0.309 e. The number of carboxylic acids is 1. The molecule has 0 saturated heterocycles. The summed E-state index contributed by atoms with van der Waals surface area (Å²) in [4.78, 5) is 21.5. The van der Waals surface area contributed by atoms with Crippen molar-refractivity contribution in [3.63, 3.8) is 0 Å². The van der Waals surface area contributed by atoms with Crippen LogP contribution in [-0.2, 0) is 14.3 Å². The lowest BCUT2D eigenvalue weighted by molar-refractivity contribution is -0.148. The Morgan fingerprint density at radius 1 is 1.27 bits per heavy atom. The van der Waals surface area contributed by atoms with E-state index in [2.05, 4.69) is 0 Å². The second-order valence-corrected chi connectivity index (χ2v) is 4.22. The molecular formula is C11H20O4. The molecule has 4 nitrogen and oxygen atoms in total. The Bertz CT molecular complexity index is 221. The Hall–Kier alpha value is -1.06. The second kappa shape index (κ2) is 6.43. The molecule has 0 aromatic carbocycles. The van der Waals surface area contributed by atoms with Gasteiger partial charge in [0.05, 0.1) is 12.0 Å². The van der Waals surface area contributed by atoms with Crippen molar-refractivity contribution in [1.29, 1.82) is 0 Å². The molecule has 0 aliphatic heterocycles. The van der Waals surface area contributed by atoms with E-state index in [0.717, 1.165) is 12.8 Å². The summed E-state index contributed by atoms with van der Waals surface area (Å²) in [6.07, 6.45) is 2.48. The number of hydrogen-bond donors (Lipinski definition) is 1. The monoisotopic (exact) mass is 216 g/mol. The van der Waals surface area contributed by atoms with Crippen molar-refractivity contribution in [3.05, 3.63) is 0 Å². The van der Waals surface area contributed by atoms with Crippen molar-refractivity contribution in [1.82, 2.24) is 0 Å². The molecule has 0 unspecified atom stereocenters. The van der Waals surface area contributed by atoms with E-state index >= 15 is 0 Å². The minimum absolute atomic E-state index is 0.201. The molecule has 88 valence electrons. The van der Waals surface area contributed by atoms with Gasteiger partial charge in [-0.3, -0.25) is 9.59 Å². The third-order valence-electron chi connectivity index (χ3n) is 2.33. The van der Waals surface area contributed by atoms with E-state index in [4.69, 9.17) is 9.84 Å². The van der Waals surface area contributed by atoms with E-state index in [9.17, 15) is 9.59 Å². The molecule has 0 amide bonds. The largest absolute Gasteiger partial charge is 0.481 e. The molecule has 0 radical (unpaired) electrons. The van der Waals surface area contributed by atoms with Crippen molar-refractivity contribution in [3.8, 4) is 0 Å². The zero-order valence-electron chi connectivity index (χ0n) is 9.71. The highest BCUT2D eigenvalue weighted by molar-refractivity contribution is 5.73. The van der Waals surface area contributed by atoms with Gasteiger partial charge in [0.25, 0.3) is 0 Å². The van der Waals surface area contributed by atoms with Crippen molar-refractivity contribution in [2.24, 2.45) is 5.41 Å². The number of hydrogen-bond acceptors (Lipinski definition) is 3. The number of carbonyl (C=O) groups is 2. The fraction of sp³-hybridized carbons (Fsp3) is 0.818. The van der Waals surface area contributed by atoms with E-state index in [0.29, 0.717) is 19.4 Å². The Morgan fingerprint density at radius 3 is 2.33 bits per heavy atom. The minimum Gasteiger partial charge on any atom is -0.481 e. The number of carbonyl (C=O) groups excluding carboxylic acids is 1. The Morgan fingerprint density at radius 2 is 1.87 bits per heavy atom. The maximum absolute atomic E-state index is 10.8. The predicted molar refractivity (Wildman–Crippen MR) is 56.5 cm³/mol. The maximum atomic E-state index is 10.8. The Balaban J connectivity index is 3.55. The maximum Gasteiger partial charge on any atom is 0.309 e. The van der Waals surface area contributed by atoms with Crippen LogP contribution in [0.15, 0.2) is 0 Å². The topological polar surface area (TPSA) is 63.6 Å². The van der Waals surface area contributed by atoms with E-state index in [1.54, 1.807) is 20.8 Å². The molecule has 0 heterocycles. The summed E-state index contributed by atoms with van der Waals surface area (Å²) in [5, 5.41) is 8.84. The standard InChI is InChI=1S/C11H20O4/c1-4-9(12)15-8-6-5-7-11(2,3)10(13)14/h4-8H2,1-3H3,(H,13,14). The molecule has 0 spiro atoms. The van der Waals surface area contributed by atoms with Crippen LogP contribution in [0, 0.1) is 5.41 Å². The van der Waals surface area contributed by atoms with E-state index in [1.165, 1.54) is 0 Å². The SMILES string of the molecule is CCC(=O)OCCCCC(C)(C)C(=O)O. The van der Waals surface area contributed by atoms with E-state index < -0.39 is 11.4 Å². The summed E-state index contributed by atoms with van der Waals surface area (Å²) in [6.45, 7) is 5.54. The van der Waals surface area contributed by atoms with Gasteiger partial charge in [-0.05, 0) is 33.1 Å². The minimum atomic E-state index is -0.784. The molecule has 0 bridgehead atoms. The summed E-state index contributed by atoms with van der Waals surface area (Å²) in [7, 11) is 0. The summed E-state index contributed by atoms with van der Waals surface area (Å²) in [5.41, 5.74) is -0.686. The van der Waals surface area contributed by atoms with Gasteiger partial charge in [0.15, 0.2) is 0 Å². The zero-order chi connectivity index (χ0) is 11.9. The van der Waals surface area contributed by atoms with E-state index in [1.807, 2.05) is 0 Å². The first-order valence-corrected chi connectivity index (χ1v) is 5.29. The highest BCUT2D eigenvalue weighted by atomic mass is 16.5. The second-order valence-electron chi connectivity index (χ2n) is 4.22. The van der Waals surface area contributed by atoms with Crippen LogP contribution in [0.4, 0.5) is 0 Å². The lowest BCUT2D eigenvalue weighted by atomic mass is 9.87. The van der Waals surface area contributed by atoms with Crippen LogP contribution in [0.2, 0.25) is 0 Å². The van der Waals surface area contributed by atoms with Gasteiger partial charge in [-0.2, -0.15) is 0 Å². The molecular weight excluding hydrogens is 196 g/mol. The molecule has 4 heteroatoms. The molecule has 0 aliphatic rings. The lowest BCUT2D eigenvalue weighted by Crippen LogP contribution is -2.23. The number of esters is 1. The molecule has 0 aromatic heterocycles. The van der Waals surface area contributed by atoms with Gasteiger partial charge in [-0.1, -0.05) is 6.92 Å². The third kappa shape index (κ3) is 6.10. The molecule has 1 N–H and O–H groups in total. The van der Waals surface area contributed by atoms with Crippen molar-refractivity contribution < 1.29 is 19.4 Å². The van der Waals surface area contributed by atoms with Crippen LogP contribution in [0.1, 0.15) is 46.5 Å². The van der Waals surface area contributed by atoms with Crippen LogP contribution < -0.4 is 0 Å². The number of ether oxygens (including phenoxy) is 1. The number of carboxylic acid groups (broad SMARTS) is 1. The van der Waals surface area contributed by atoms with Gasteiger partial charge in [0.1, 0.15) is 0 Å². The van der Waals surface area contributed by atoms with E-state index in [-0.39, 0.29) is 5.97 Å². The summed E-state index contributed by atoms with van der Waals surface area (Å²) >= 11 is 0. The normalized spacial score (nSPS) is 11.1. The summed E-state index contributed by atoms with van der Waals surface area (Å²) < 4.78 is 4.88. The highest BCUT2D eigenvalue weighted by Gasteiger charge is 2.25. The molecule has 0 aromatic rings. The lowest BCUT2D eigenvalue weighted by Gasteiger charge is -2.18. The fourth-order valence-electron chi connectivity index (χ4n) is 1.06. The first-order chi connectivity index (χ1) is 6.90. The van der Waals surface area contributed by atoms with Gasteiger partial charge in [0.2, 0.25) is 0 Å². The van der Waals surface area contributed by atoms with Gasteiger partial charge in [-0.25, -0.2) is 0 Å². The zero-order valence-corrected chi connectivity index (χ0v) is 9.71. The molecule has 0 rings (SSSR count). The highest BCUT2D eigenvalue weighted by Crippen LogP contribution is 2.23. The molecule has 0 saturated carbocycles. The number of rotatable bonds is 7. The number of unbranched alkanes of at least 4 members (excludes halogenated alkanes) is 1. The van der Waals surface area contributed by atoms with Crippen LogP contribution in [0.25, 0.3) is 0 Å². The molecule has 0 atom stereocenters. The molecule has 0 fully saturated rings.